The summed E-state index contributed by atoms with van der Waals surface area (Å²) in [7, 11) is 0. The van der Waals surface area contributed by atoms with Crippen LogP contribution in [-0.4, -0.2) is 5.11 Å². The van der Waals surface area contributed by atoms with Gasteiger partial charge in [0.15, 0.2) is 11.5 Å². The highest BCUT2D eigenvalue weighted by Crippen LogP contribution is 2.29. The van der Waals surface area contributed by atoms with Crippen molar-refractivity contribution in [1.29, 1.82) is 0 Å². The van der Waals surface area contributed by atoms with Gasteiger partial charge in [-0.2, -0.15) is 0 Å². The number of rotatable bonds is 9. The van der Waals surface area contributed by atoms with E-state index < -0.39 is 0 Å². The van der Waals surface area contributed by atoms with Crippen LogP contribution in [0.3, 0.4) is 0 Å². The van der Waals surface area contributed by atoms with E-state index in [0.717, 1.165) is 5.56 Å². The monoisotopic (exact) mass is 320 g/mol. The average Bonchev–Trinajstić information content (AvgIpc) is 2.61. The quantitative estimate of drug-likeness (QED) is 0.405. The Hall–Kier alpha value is -3.22. The maximum Gasteiger partial charge on any atom is 0.169 e. The van der Waals surface area contributed by atoms with E-state index in [2.05, 4.69) is 24.6 Å². The lowest BCUT2D eigenvalue weighted by atomic mass is 10.2. The van der Waals surface area contributed by atoms with Crippen LogP contribution in [-0.2, 0) is 6.61 Å². The minimum atomic E-state index is -0.0726. The van der Waals surface area contributed by atoms with E-state index in [0.29, 0.717) is 11.5 Å². The molecule has 1 aromatic carbocycles. The van der Waals surface area contributed by atoms with Gasteiger partial charge in [0.1, 0.15) is 0 Å². The number of allylic oxidation sites excluding steroid dienone is 8. The molecule has 3 heteroatoms. The molecule has 24 heavy (non-hydrogen) atoms. The van der Waals surface area contributed by atoms with E-state index >= 15 is 0 Å². The first kappa shape index (κ1) is 18.8. The van der Waals surface area contributed by atoms with Gasteiger partial charge in [-0.3, -0.25) is 0 Å². The highest BCUT2D eigenvalue weighted by molar-refractivity contribution is 5.43. The van der Waals surface area contributed by atoms with Crippen molar-refractivity contribution in [2.45, 2.75) is 6.61 Å². The molecule has 0 heterocycles. The Bertz CT molecular complexity index is 723. The highest BCUT2D eigenvalue weighted by atomic mass is 16.5. The predicted molar refractivity (Wildman–Crippen MR) is 97.6 cm³/mol. The molecule has 0 spiro atoms. The minimum absolute atomic E-state index is 0.0726. The van der Waals surface area contributed by atoms with Crippen molar-refractivity contribution in [3.05, 3.63) is 110 Å². The van der Waals surface area contributed by atoms with Gasteiger partial charge in [0.2, 0.25) is 0 Å². The Labute approximate surface area is 142 Å². The smallest absolute Gasteiger partial charge is 0.169 e. The molecule has 0 fully saturated rings. The summed E-state index contributed by atoms with van der Waals surface area (Å²) >= 11 is 0. The van der Waals surface area contributed by atoms with Crippen molar-refractivity contribution in [2.75, 3.05) is 0 Å². The minimum Gasteiger partial charge on any atom is -0.461 e. The molecule has 0 aliphatic carbocycles. The molecule has 0 aliphatic heterocycles. The number of aliphatic hydroxyl groups is 1. The zero-order chi connectivity index (χ0) is 17.5. The van der Waals surface area contributed by atoms with Crippen LogP contribution in [0.5, 0.6) is 11.5 Å². The van der Waals surface area contributed by atoms with E-state index in [1.54, 1.807) is 66.8 Å². The SMILES string of the molecule is C=C=C/C=C\C=C\Oc1cc(CO)ccc1O/C=C/C=C/C=C=C. The van der Waals surface area contributed by atoms with Gasteiger partial charge in [-0.05, 0) is 42.0 Å². The number of hydrogen-bond donors (Lipinski definition) is 1. The normalized spacial score (nSPS) is 11.0. The Morgan fingerprint density at radius 2 is 1.42 bits per heavy atom. The van der Waals surface area contributed by atoms with Crippen molar-refractivity contribution in [1.82, 2.24) is 0 Å². The van der Waals surface area contributed by atoms with Gasteiger partial charge >= 0.3 is 0 Å². The molecule has 0 radical (unpaired) electrons. The lowest BCUT2D eigenvalue weighted by Crippen LogP contribution is -1.91. The van der Waals surface area contributed by atoms with E-state index in [9.17, 15) is 5.11 Å². The van der Waals surface area contributed by atoms with Crippen LogP contribution >= 0.6 is 0 Å². The molecule has 3 nitrogen and oxygen atoms in total. The summed E-state index contributed by atoms with van der Waals surface area (Å²) < 4.78 is 11.1. The summed E-state index contributed by atoms with van der Waals surface area (Å²) in [6, 6.07) is 5.23. The van der Waals surface area contributed by atoms with Gasteiger partial charge in [0.05, 0.1) is 19.1 Å². The Morgan fingerprint density at radius 3 is 1.96 bits per heavy atom. The fourth-order valence-corrected chi connectivity index (χ4v) is 1.53. The van der Waals surface area contributed by atoms with Crippen LogP contribution in [0.2, 0.25) is 0 Å². The predicted octanol–water partition coefficient (Wildman–Crippen LogP) is 4.76. The Balaban J connectivity index is 2.79. The number of benzene rings is 1. The fourth-order valence-electron chi connectivity index (χ4n) is 1.53. The van der Waals surface area contributed by atoms with Gasteiger partial charge in [0, 0.05) is 0 Å². The molecule has 0 saturated heterocycles. The van der Waals surface area contributed by atoms with Crippen molar-refractivity contribution in [2.24, 2.45) is 0 Å². The summed E-state index contributed by atoms with van der Waals surface area (Å²) in [5.74, 6) is 1.04. The molecule has 0 unspecified atom stereocenters. The second-order valence-corrected chi connectivity index (χ2v) is 4.34. The van der Waals surface area contributed by atoms with E-state index in [1.165, 1.54) is 12.5 Å². The van der Waals surface area contributed by atoms with Crippen LogP contribution in [0.25, 0.3) is 0 Å². The lowest BCUT2D eigenvalue weighted by Gasteiger charge is -2.08. The molecular formula is C21H20O3. The van der Waals surface area contributed by atoms with Gasteiger partial charge in [-0.1, -0.05) is 43.5 Å². The molecular weight excluding hydrogens is 300 g/mol. The zero-order valence-electron chi connectivity index (χ0n) is 13.4. The third-order valence-corrected chi connectivity index (χ3v) is 2.61. The van der Waals surface area contributed by atoms with Gasteiger partial charge in [-0.15, -0.1) is 11.5 Å². The van der Waals surface area contributed by atoms with Crippen molar-refractivity contribution >= 4 is 0 Å². The van der Waals surface area contributed by atoms with Crippen LogP contribution in [0, 0.1) is 0 Å². The van der Waals surface area contributed by atoms with Gasteiger partial charge in [-0.25, -0.2) is 0 Å². The maximum absolute atomic E-state index is 9.24. The first-order chi connectivity index (χ1) is 11.8. The summed E-state index contributed by atoms with van der Waals surface area (Å²) in [6.07, 6.45) is 17.0. The lowest BCUT2D eigenvalue weighted by molar-refractivity contribution is 0.281. The molecule has 1 rings (SSSR count). The van der Waals surface area contributed by atoms with Crippen molar-refractivity contribution in [3.8, 4) is 11.5 Å². The van der Waals surface area contributed by atoms with E-state index in [-0.39, 0.29) is 6.61 Å². The van der Waals surface area contributed by atoms with Crippen LogP contribution in [0.4, 0.5) is 0 Å². The second kappa shape index (κ2) is 12.3. The first-order valence-electron chi connectivity index (χ1n) is 7.24. The first-order valence-corrected chi connectivity index (χ1v) is 7.24. The Kier molecular flexibility index (Phi) is 9.68. The van der Waals surface area contributed by atoms with Crippen LogP contribution in [0.15, 0.2) is 104 Å². The third kappa shape index (κ3) is 7.69. The molecule has 1 N–H and O–H groups in total. The number of hydrogen-bond acceptors (Lipinski definition) is 3. The van der Waals surface area contributed by atoms with Crippen LogP contribution < -0.4 is 9.47 Å². The van der Waals surface area contributed by atoms with E-state index in [1.807, 2.05) is 0 Å². The summed E-state index contributed by atoms with van der Waals surface area (Å²) in [5.41, 5.74) is 6.00. The highest BCUT2D eigenvalue weighted by Gasteiger charge is 2.04. The topological polar surface area (TPSA) is 38.7 Å². The fraction of sp³-hybridized carbons (Fsp3) is 0.0476. The molecule has 0 atom stereocenters. The largest absolute Gasteiger partial charge is 0.461 e. The average molecular weight is 320 g/mol. The van der Waals surface area contributed by atoms with Gasteiger partial charge in [0.25, 0.3) is 0 Å². The third-order valence-electron chi connectivity index (χ3n) is 2.61. The molecule has 1 aromatic rings. The van der Waals surface area contributed by atoms with Crippen molar-refractivity contribution < 1.29 is 14.6 Å². The maximum atomic E-state index is 9.24. The molecule has 0 bridgehead atoms. The molecule has 122 valence electrons. The summed E-state index contributed by atoms with van der Waals surface area (Å²) in [4.78, 5) is 0. The summed E-state index contributed by atoms with van der Waals surface area (Å²) in [5, 5.41) is 9.24. The molecule has 0 amide bonds. The van der Waals surface area contributed by atoms with Crippen LogP contribution in [0.1, 0.15) is 5.56 Å². The molecule has 0 saturated carbocycles. The number of ether oxygens (including phenoxy) is 2. The van der Waals surface area contributed by atoms with Gasteiger partial charge < -0.3 is 14.6 Å². The molecule has 0 aliphatic rings. The number of aliphatic hydroxyl groups excluding tert-OH is 1. The van der Waals surface area contributed by atoms with Crippen molar-refractivity contribution in [3.63, 3.8) is 0 Å². The second-order valence-electron chi connectivity index (χ2n) is 4.34. The Morgan fingerprint density at radius 1 is 0.833 bits per heavy atom. The summed E-state index contributed by atoms with van der Waals surface area (Å²) in [6.45, 7) is 6.85. The molecule has 0 aromatic heterocycles. The zero-order valence-corrected chi connectivity index (χ0v) is 13.4. The standard InChI is InChI=1S/C21H20O3/c1-3-5-7-9-11-15-23-20-14-13-19(18-22)17-21(20)24-16-12-10-8-6-4-2/h5-17,22H,1-2,18H2/b9-7+,10-8-,15-11+,16-12+. The van der Waals surface area contributed by atoms with E-state index in [4.69, 9.17) is 9.47 Å².